The molecule has 0 fully saturated rings. The summed E-state index contributed by atoms with van der Waals surface area (Å²) >= 11 is 5.82. The molecule has 7 heteroatoms. The van der Waals surface area contributed by atoms with Gasteiger partial charge in [0.05, 0.1) is 17.7 Å². The zero-order valence-corrected chi connectivity index (χ0v) is 13.9. The standard InChI is InChI=1S/C16H18ClNO5/c1-4-22-14(19)8-18-12-7-11(15(20)9(2)17)5-6-13(12)23-10(3)16(18)21/h5-7,9-10H,4,8H2,1-3H3. The van der Waals surface area contributed by atoms with Gasteiger partial charge in [0.2, 0.25) is 0 Å². The van der Waals surface area contributed by atoms with E-state index in [0.29, 0.717) is 17.0 Å². The van der Waals surface area contributed by atoms with E-state index >= 15 is 0 Å². The number of fused-ring (bicyclic) bond motifs is 1. The monoisotopic (exact) mass is 339 g/mol. The molecule has 0 spiro atoms. The number of alkyl halides is 1. The Balaban J connectivity index is 2.40. The summed E-state index contributed by atoms with van der Waals surface area (Å²) in [6.07, 6.45) is -0.717. The average molecular weight is 340 g/mol. The van der Waals surface area contributed by atoms with E-state index in [2.05, 4.69) is 0 Å². The maximum atomic E-state index is 12.3. The van der Waals surface area contributed by atoms with E-state index in [1.54, 1.807) is 32.9 Å². The first-order valence-corrected chi connectivity index (χ1v) is 7.74. The van der Waals surface area contributed by atoms with Gasteiger partial charge in [-0.25, -0.2) is 0 Å². The van der Waals surface area contributed by atoms with Crippen molar-refractivity contribution in [2.24, 2.45) is 0 Å². The number of benzene rings is 1. The van der Waals surface area contributed by atoms with Gasteiger partial charge in [0.15, 0.2) is 11.9 Å². The van der Waals surface area contributed by atoms with Gasteiger partial charge in [-0.15, -0.1) is 11.6 Å². The molecule has 2 atom stereocenters. The van der Waals surface area contributed by atoms with Gasteiger partial charge in [-0.1, -0.05) is 0 Å². The highest BCUT2D eigenvalue weighted by Gasteiger charge is 2.33. The lowest BCUT2D eigenvalue weighted by molar-refractivity contribution is -0.143. The maximum Gasteiger partial charge on any atom is 0.326 e. The molecule has 0 aromatic heterocycles. The number of hydrogen-bond acceptors (Lipinski definition) is 5. The third kappa shape index (κ3) is 3.64. The van der Waals surface area contributed by atoms with Gasteiger partial charge in [-0.05, 0) is 39.0 Å². The van der Waals surface area contributed by atoms with Crippen LogP contribution in [-0.4, -0.2) is 42.3 Å². The lowest BCUT2D eigenvalue weighted by atomic mass is 10.1. The Morgan fingerprint density at radius 3 is 2.74 bits per heavy atom. The lowest BCUT2D eigenvalue weighted by Gasteiger charge is -2.32. The largest absolute Gasteiger partial charge is 0.479 e. The van der Waals surface area contributed by atoms with Crippen LogP contribution in [0.1, 0.15) is 31.1 Å². The molecular weight excluding hydrogens is 322 g/mol. The number of anilines is 1. The third-order valence-electron chi connectivity index (χ3n) is 3.41. The first kappa shape index (κ1) is 17.3. The Labute approximate surface area is 139 Å². The molecule has 0 radical (unpaired) electrons. The number of esters is 1. The second-order valence-electron chi connectivity index (χ2n) is 5.15. The first-order chi connectivity index (χ1) is 10.8. The number of nitrogens with zero attached hydrogens (tertiary/aromatic N) is 1. The van der Waals surface area contributed by atoms with Crippen molar-refractivity contribution in [3.8, 4) is 5.75 Å². The van der Waals surface area contributed by atoms with Crippen LogP contribution in [0.3, 0.4) is 0 Å². The van der Waals surface area contributed by atoms with Crippen molar-refractivity contribution < 1.29 is 23.9 Å². The Morgan fingerprint density at radius 2 is 2.13 bits per heavy atom. The number of ketones is 1. The Morgan fingerprint density at radius 1 is 1.43 bits per heavy atom. The zero-order chi connectivity index (χ0) is 17.1. The van der Waals surface area contributed by atoms with E-state index < -0.39 is 17.5 Å². The lowest BCUT2D eigenvalue weighted by Crippen LogP contribution is -2.47. The predicted octanol–water partition coefficient (Wildman–Crippen LogP) is 2.17. The molecule has 2 rings (SSSR count). The van der Waals surface area contributed by atoms with E-state index in [-0.39, 0.29) is 24.8 Å². The molecule has 1 aromatic rings. The van der Waals surface area contributed by atoms with E-state index in [9.17, 15) is 14.4 Å². The van der Waals surface area contributed by atoms with Crippen molar-refractivity contribution in [1.29, 1.82) is 0 Å². The van der Waals surface area contributed by atoms with Crippen LogP contribution in [0, 0.1) is 0 Å². The molecule has 1 amide bonds. The van der Waals surface area contributed by atoms with E-state index in [1.807, 2.05) is 0 Å². The van der Waals surface area contributed by atoms with Gasteiger partial charge in [0, 0.05) is 5.56 Å². The summed E-state index contributed by atoms with van der Waals surface area (Å²) in [6.45, 7) is 4.85. The number of hydrogen-bond donors (Lipinski definition) is 0. The number of Topliss-reactive ketones (excluding diaryl/α,β-unsaturated/α-hetero) is 1. The third-order valence-corrected chi connectivity index (χ3v) is 3.60. The van der Waals surface area contributed by atoms with E-state index in [1.165, 1.54) is 11.0 Å². The molecular formula is C16H18ClNO5. The van der Waals surface area contributed by atoms with Gasteiger partial charge in [-0.2, -0.15) is 0 Å². The second kappa shape index (κ2) is 7.00. The summed E-state index contributed by atoms with van der Waals surface area (Å²) < 4.78 is 10.4. The van der Waals surface area contributed by atoms with Crippen molar-refractivity contribution in [3.05, 3.63) is 23.8 Å². The fourth-order valence-electron chi connectivity index (χ4n) is 2.29. The van der Waals surface area contributed by atoms with Crippen LogP contribution < -0.4 is 9.64 Å². The molecule has 0 saturated carbocycles. The number of amides is 1. The van der Waals surface area contributed by atoms with Crippen molar-refractivity contribution in [2.45, 2.75) is 32.3 Å². The van der Waals surface area contributed by atoms with Crippen molar-refractivity contribution >= 4 is 34.9 Å². The molecule has 2 unspecified atom stereocenters. The van der Waals surface area contributed by atoms with Crippen molar-refractivity contribution in [3.63, 3.8) is 0 Å². The fourth-order valence-corrected chi connectivity index (χ4v) is 2.41. The summed E-state index contributed by atoms with van der Waals surface area (Å²) in [6, 6.07) is 4.70. The van der Waals surface area contributed by atoms with Gasteiger partial charge >= 0.3 is 5.97 Å². The SMILES string of the molecule is CCOC(=O)CN1C(=O)C(C)Oc2ccc(C(=O)C(C)Cl)cc21. The van der Waals surface area contributed by atoms with Gasteiger partial charge in [-0.3, -0.25) is 19.3 Å². The molecule has 6 nitrogen and oxygen atoms in total. The van der Waals surface area contributed by atoms with E-state index in [4.69, 9.17) is 21.1 Å². The van der Waals surface area contributed by atoms with Gasteiger partial charge in [0.25, 0.3) is 5.91 Å². The molecule has 0 saturated heterocycles. The summed E-state index contributed by atoms with van der Waals surface area (Å²) in [5.74, 6) is -0.728. The topological polar surface area (TPSA) is 72.9 Å². The van der Waals surface area contributed by atoms with E-state index in [0.717, 1.165) is 0 Å². The molecule has 124 valence electrons. The smallest absolute Gasteiger partial charge is 0.326 e. The van der Waals surface area contributed by atoms with Crippen LogP contribution in [0.4, 0.5) is 5.69 Å². The van der Waals surface area contributed by atoms with Crippen LogP contribution >= 0.6 is 11.6 Å². The highest BCUT2D eigenvalue weighted by atomic mass is 35.5. The minimum atomic E-state index is -0.717. The summed E-state index contributed by atoms with van der Waals surface area (Å²) in [4.78, 5) is 37.4. The van der Waals surface area contributed by atoms with Crippen molar-refractivity contribution in [2.75, 3.05) is 18.1 Å². The second-order valence-corrected chi connectivity index (χ2v) is 5.81. The summed E-state index contributed by atoms with van der Waals surface area (Å²) in [5, 5.41) is -0.689. The fraction of sp³-hybridized carbons (Fsp3) is 0.438. The van der Waals surface area contributed by atoms with Crippen LogP contribution in [-0.2, 0) is 14.3 Å². The maximum absolute atomic E-state index is 12.3. The minimum absolute atomic E-state index is 0.224. The quantitative estimate of drug-likeness (QED) is 0.467. The molecule has 1 aromatic carbocycles. The molecule has 1 heterocycles. The Bertz CT molecular complexity index is 643. The molecule has 0 N–H and O–H groups in total. The van der Waals surface area contributed by atoms with Crippen LogP contribution in [0.2, 0.25) is 0 Å². The number of carbonyl (C=O) groups excluding carboxylic acids is 3. The van der Waals surface area contributed by atoms with Crippen LogP contribution in [0.5, 0.6) is 5.75 Å². The number of rotatable bonds is 5. The molecule has 1 aliphatic rings. The molecule has 0 bridgehead atoms. The molecule has 23 heavy (non-hydrogen) atoms. The predicted molar refractivity (Wildman–Crippen MR) is 85.2 cm³/mol. The normalized spacial score (nSPS) is 18.0. The molecule has 0 aliphatic carbocycles. The summed E-state index contributed by atoms with van der Waals surface area (Å²) in [7, 11) is 0. The van der Waals surface area contributed by atoms with Gasteiger partial charge < -0.3 is 9.47 Å². The number of carbonyl (C=O) groups is 3. The van der Waals surface area contributed by atoms with Crippen molar-refractivity contribution in [1.82, 2.24) is 0 Å². The zero-order valence-electron chi connectivity index (χ0n) is 13.2. The van der Waals surface area contributed by atoms with Gasteiger partial charge in [0.1, 0.15) is 12.3 Å². The first-order valence-electron chi connectivity index (χ1n) is 7.31. The average Bonchev–Trinajstić information content (AvgIpc) is 2.51. The Hall–Kier alpha value is -2.08. The number of halogens is 1. The molecule has 1 aliphatic heterocycles. The Kier molecular flexibility index (Phi) is 5.26. The summed E-state index contributed by atoms with van der Waals surface area (Å²) in [5.41, 5.74) is 0.718. The highest BCUT2D eigenvalue weighted by Crippen LogP contribution is 2.35. The highest BCUT2D eigenvalue weighted by molar-refractivity contribution is 6.33. The van der Waals surface area contributed by atoms with Crippen LogP contribution in [0.15, 0.2) is 18.2 Å². The minimum Gasteiger partial charge on any atom is -0.479 e. The number of ether oxygens (including phenoxy) is 2. The van der Waals surface area contributed by atoms with Crippen LogP contribution in [0.25, 0.3) is 0 Å².